The highest BCUT2D eigenvalue weighted by Gasteiger charge is 2.28. The molecule has 8 heteroatoms. The molecule has 4 heterocycles. The van der Waals surface area contributed by atoms with Gasteiger partial charge in [0.25, 0.3) is 5.91 Å². The lowest BCUT2D eigenvalue weighted by Crippen LogP contribution is -2.42. The largest absolute Gasteiger partial charge is 0.368 e. The predicted octanol–water partition coefficient (Wildman–Crippen LogP) is 0.979. The molecule has 1 N–H and O–H groups in total. The first kappa shape index (κ1) is 16.7. The van der Waals surface area contributed by atoms with Crippen molar-refractivity contribution in [3.05, 3.63) is 52.2 Å². The molecule has 2 aliphatic rings. The van der Waals surface area contributed by atoms with E-state index >= 15 is 0 Å². The lowest BCUT2D eigenvalue weighted by Gasteiger charge is -2.33. The molecule has 2 fully saturated rings. The molecule has 8 nitrogen and oxygen atoms in total. The van der Waals surface area contributed by atoms with E-state index in [0.29, 0.717) is 25.3 Å². The number of ether oxygens (including phenoxy) is 1. The SMILES string of the molecule is O=C(c1ccc(=O)[nH]c1)N1CCO[C@H](c2ccnc(N3CCCC3)n2)C1. The second-order valence-corrected chi connectivity index (χ2v) is 6.53. The van der Waals surface area contributed by atoms with Gasteiger partial charge in [-0.15, -0.1) is 0 Å². The summed E-state index contributed by atoms with van der Waals surface area (Å²) >= 11 is 0. The number of hydrogen-bond donors (Lipinski definition) is 1. The van der Waals surface area contributed by atoms with Crippen LogP contribution in [0.25, 0.3) is 0 Å². The highest BCUT2D eigenvalue weighted by atomic mass is 16.5. The first-order valence-electron chi connectivity index (χ1n) is 8.88. The van der Waals surface area contributed by atoms with Crippen LogP contribution in [0.1, 0.15) is 35.0 Å². The third kappa shape index (κ3) is 3.45. The summed E-state index contributed by atoms with van der Waals surface area (Å²) in [4.78, 5) is 39.3. The van der Waals surface area contributed by atoms with E-state index in [4.69, 9.17) is 4.74 Å². The quantitative estimate of drug-likeness (QED) is 0.882. The lowest BCUT2D eigenvalue weighted by molar-refractivity contribution is -0.0247. The molecule has 0 aliphatic carbocycles. The van der Waals surface area contributed by atoms with Gasteiger partial charge in [-0.05, 0) is 25.0 Å². The molecule has 2 aliphatic heterocycles. The van der Waals surface area contributed by atoms with E-state index in [1.54, 1.807) is 17.2 Å². The van der Waals surface area contributed by atoms with Crippen LogP contribution in [0.4, 0.5) is 5.95 Å². The number of rotatable bonds is 3. The van der Waals surface area contributed by atoms with Crippen LogP contribution in [0, 0.1) is 0 Å². The Morgan fingerprint density at radius 3 is 2.81 bits per heavy atom. The van der Waals surface area contributed by atoms with E-state index in [1.165, 1.54) is 12.3 Å². The monoisotopic (exact) mass is 355 g/mol. The lowest BCUT2D eigenvalue weighted by atomic mass is 10.1. The number of aromatic nitrogens is 3. The fourth-order valence-electron chi connectivity index (χ4n) is 3.35. The first-order chi connectivity index (χ1) is 12.7. The van der Waals surface area contributed by atoms with Crippen LogP contribution in [0.5, 0.6) is 0 Å². The molecule has 2 saturated heterocycles. The van der Waals surface area contributed by atoms with Gasteiger partial charge in [0, 0.05) is 38.1 Å². The normalized spacial score (nSPS) is 20.4. The minimum absolute atomic E-state index is 0.122. The van der Waals surface area contributed by atoms with Gasteiger partial charge in [-0.3, -0.25) is 9.59 Å². The van der Waals surface area contributed by atoms with E-state index in [1.807, 2.05) is 6.07 Å². The molecule has 2 aromatic rings. The van der Waals surface area contributed by atoms with Gasteiger partial charge in [-0.1, -0.05) is 0 Å². The third-order valence-electron chi connectivity index (χ3n) is 4.77. The Morgan fingerprint density at radius 2 is 2.04 bits per heavy atom. The van der Waals surface area contributed by atoms with E-state index in [2.05, 4.69) is 19.9 Å². The van der Waals surface area contributed by atoms with Crippen molar-refractivity contribution in [2.75, 3.05) is 37.7 Å². The van der Waals surface area contributed by atoms with Gasteiger partial charge in [0.1, 0.15) is 6.10 Å². The second kappa shape index (κ2) is 7.25. The zero-order valence-corrected chi connectivity index (χ0v) is 14.4. The molecule has 4 rings (SSSR count). The molecular weight excluding hydrogens is 334 g/mol. The zero-order chi connectivity index (χ0) is 17.9. The number of aromatic amines is 1. The van der Waals surface area contributed by atoms with Crippen molar-refractivity contribution in [2.45, 2.75) is 18.9 Å². The molecule has 2 aromatic heterocycles. The summed E-state index contributed by atoms with van der Waals surface area (Å²) in [6, 6.07) is 4.75. The Hall–Kier alpha value is -2.74. The molecular formula is C18H21N5O3. The van der Waals surface area contributed by atoms with E-state index < -0.39 is 0 Å². The number of H-pyrrole nitrogens is 1. The third-order valence-corrected chi connectivity index (χ3v) is 4.77. The Balaban J connectivity index is 1.49. The molecule has 136 valence electrons. The Labute approximate surface area is 150 Å². The minimum Gasteiger partial charge on any atom is -0.368 e. The van der Waals surface area contributed by atoms with Crippen molar-refractivity contribution in [1.82, 2.24) is 19.9 Å². The molecule has 0 unspecified atom stereocenters. The summed E-state index contributed by atoms with van der Waals surface area (Å²) in [6.07, 6.45) is 5.25. The molecule has 1 atom stereocenters. The number of amides is 1. The maximum atomic E-state index is 12.7. The molecule has 0 bridgehead atoms. The first-order valence-corrected chi connectivity index (χ1v) is 8.88. The van der Waals surface area contributed by atoms with Crippen LogP contribution < -0.4 is 10.5 Å². The standard InChI is InChI=1S/C18H21N5O3/c24-16-4-3-13(11-20-16)17(25)23-9-10-26-15(12-23)14-5-6-19-18(21-14)22-7-1-2-8-22/h3-6,11,15H,1-2,7-10,12H2,(H,20,24)/t15-/m0/s1. The minimum atomic E-state index is -0.278. The molecule has 0 radical (unpaired) electrons. The van der Waals surface area contributed by atoms with Crippen molar-refractivity contribution >= 4 is 11.9 Å². The number of hydrogen-bond acceptors (Lipinski definition) is 6. The molecule has 0 saturated carbocycles. The van der Waals surface area contributed by atoms with Crippen molar-refractivity contribution < 1.29 is 9.53 Å². The summed E-state index contributed by atoms with van der Waals surface area (Å²) in [5.41, 5.74) is 1.03. The number of pyridine rings is 1. The Kier molecular flexibility index (Phi) is 4.66. The van der Waals surface area contributed by atoms with Gasteiger partial charge in [0.05, 0.1) is 24.4 Å². The topological polar surface area (TPSA) is 91.4 Å². The molecule has 1 amide bonds. The highest BCUT2D eigenvalue weighted by molar-refractivity contribution is 5.93. The number of nitrogens with zero attached hydrogens (tertiary/aromatic N) is 4. The van der Waals surface area contributed by atoms with Gasteiger partial charge >= 0.3 is 0 Å². The van der Waals surface area contributed by atoms with E-state index in [9.17, 15) is 9.59 Å². The smallest absolute Gasteiger partial charge is 0.255 e. The van der Waals surface area contributed by atoms with Crippen molar-refractivity contribution in [3.8, 4) is 0 Å². The fourth-order valence-corrected chi connectivity index (χ4v) is 3.35. The average Bonchev–Trinajstić information content (AvgIpc) is 3.23. The van der Waals surface area contributed by atoms with Crippen LogP contribution in [0.2, 0.25) is 0 Å². The van der Waals surface area contributed by atoms with Gasteiger partial charge in [-0.25, -0.2) is 9.97 Å². The highest BCUT2D eigenvalue weighted by Crippen LogP contribution is 2.24. The number of morpholine rings is 1. The van der Waals surface area contributed by atoms with Crippen LogP contribution in [0.3, 0.4) is 0 Å². The van der Waals surface area contributed by atoms with Crippen LogP contribution >= 0.6 is 0 Å². The van der Waals surface area contributed by atoms with Crippen molar-refractivity contribution in [3.63, 3.8) is 0 Å². The van der Waals surface area contributed by atoms with Gasteiger partial charge in [0.2, 0.25) is 11.5 Å². The summed E-state index contributed by atoms with van der Waals surface area (Å²) in [7, 11) is 0. The summed E-state index contributed by atoms with van der Waals surface area (Å²) in [5, 5.41) is 0. The summed E-state index contributed by atoms with van der Waals surface area (Å²) in [6.45, 7) is 3.34. The second-order valence-electron chi connectivity index (χ2n) is 6.53. The zero-order valence-electron chi connectivity index (χ0n) is 14.4. The van der Waals surface area contributed by atoms with Crippen LogP contribution in [0.15, 0.2) is 35.4 Å². The van der Waals surface area contributed by atoms with Crippen molar-refractivity contribution in [2.24, 2.45) is 0 Å². The summed E-state index contributed by atoms with van der Waals surface area (Å²) < 4.78 is 5.86. The number of nitrogens with one attached hydrogen (secondary N) is 1. The maximum absolute atomic E-state index is 12.7. The number of anilines is 1. The fraction of sp³-hybridized carbons (Fsp3) is 0.444. The van der Waals surface area contributed by atoms with Gasteiger partial charge in [0.15, 0.2) is 0 Å². The van der Waals surface area contributed by atoms with Crippen LogP contribution in [-0.4, -0.2) is 58.5 Å². The van der Waals surface area contributed by atoms with Crippen LogP contribution in [-0.2, 0) is 4.74 Å². The molecule has 0 spiro atoms. The summed E-state index contributed by atoms with van der Waals surface area (Å²) in [5.74, 6) is 0.607. The van der Waals surface area contributed by atoms with E-state index in [0.717, 1.165) is 37.6 Å². The van der Waals surface area contributed by atoms with Gasteiger partial charge in [-0.2, -0.15) is 0 Å². The molecule has 26 heavy (non-hydrogen) atoms. The number of carbonyl (C=O) groups is 1. The van der Waals surface area contributed by atoms with Gasteiger partial charge < -0.3 is 19.5 Å². The predicted molar refractivity (Wildman–Crippen MR) is 95.1 cm³/mol. The maximum Gasteiger partial charge on any atom is 0.255 e. The Bertz CT molecular complexity index is 826. The molecule has 0 aromatic carbocycles. The Morgan fingerprint density at radius 1 is 1.19 bits per heavy atom. The van der Waals surface area contributed by atoms with Crippen molar-refractivity contribution in [1.29, 1.82) is 0 Å². The van der Waals surface area contributed by atoms with E-state index in [-0.39, 0.29) is 17.6 Å². The number of carbonyl (C=O) groups excluding carboxylic acids is 1. The average molecular weight is 355 g/mol.